The van der Waals surface area contributed by atoms with Gasteiger partial charge in [-0.15, -0.1) is 0 Å². The molecule has 1 aromatic carbocycles. The van der Waals surface area contributed by atoms with Gasteiger partial charge in [-0.25, -0.2) is 9.78 Å². The molecule has 0 fully saturated rings. The summed E-state index contributed by atoms with van der Waals surface area (Å²) in [4.78, 5) is 16.0. The van der Waals surface area contributed by atoms with E-state index in [9.17, 15) is 4.79 Å². The molecule has 1 aliphatic heterocycles. The molecule has 1 atom stereocenters. The fraction of sp³-hybridized carbons (Fsp3) is 0.474. The molecule has 0 bridgehead atoms. The van der Waals surface area contributed by atoms with E-state index in [1.807, 2.05) is 39.0 Å². The number of hydrogen-bond donors (Lipinski definition) is 1. The molecule has 0 spiro atoms. The standard InChI is InChI=1S/C19H24N2O4/c1-19(2,3)25-18(22)21-11-17-15-7-4-6-14(16-10-20-12-24-16)13(15)8-5-9-23-17/h4,6-7,10,12,17H,5,8-9,11H2,1-3H3,(H,21,22)/t17-/m0/s1. The zero-order chi connectivity index (χ0) is 17.9. The molecular formula is C19H24N2O4. The van der Waals surface area contributed by atoms with Gasteiger partial charge in [-0.2, -0.15) is 0 Å². The second-order valence-corrected chi connectivity index (χ2v) is 7.08. The van der Waals surface area contributed by atoms with Crippen LogP contribution in [0.15, 0.2) is 35.2 Å². The summed E-state index contributed by atoms with van der Waals surface area (Å²) in [6.07, 6.45) is 4.32. The molecule has 134 valence electrons. The Balaban J connectivity index is 1.79. The van der Waals surface area contributed by atoms with Crippen molar-refractivity contribution in [3.05, 3.63) is 41.9 Å². The third-order valence-electron chi connectivity index (χ3n) is 3.98. The number of alkyl carbamates (subject to hydrolysis) is 1. The van der Waals surface area contributed by atoms with Gasteiger partial charge in [-0.05, 0) is 44.7 Å². The second kappa shape index (κ2) is 7.27. The molecule has 1 aromatic heterocycles. The lowest BCUT2D eigenvalue weighted by molar-refractivity contribution is 0.0359. The monoisotopic (exact) mass is 344 g/mol. The summed E-state index contributed by atoms with van der Waals surface area (Å²) >= 11 is 0. The van der Waals surface area contributed by atoms with Gasteiger partial charge in [-0.3, -0.25) is 0 Å². The molecule has 6 heteroatoms. The van der Waals surface area contributed by atoms with Crippen molar-refractivity contribution < 1.29 is 18.7 Å². The lowest BCUT2D eigenvalue weighted by Gasteiger charge is -2.23. The predicted octanol–water partition coefficient (Wildman–Crippen LogP) is 3.87. The molecule has 6 nitrogen and oxygen atoms in total. The molecule has 3 rings (SSSR count). The summed E-state index contributed by atoms with van der Waals surface area (Å²) in [6, 6.07) is 6.05. The van der Waals surface area contributed by atoms with Crippen LogP contribution >= 0.6 is 0 Å². The topological polar surface area (TPSA) is 73.6 Å². The Morgan fingerprint density at radius 2 is 2.24 bits per heavy atom. The number of ether oxygens (including phenoxy) is 2. The molecule has 0 saturated carbocycles. The van der Waals surface area contributed by atoms with Gasteiger partial charge < -0.3 is 19.2 Å². The zero-order valence-electron chi connectivity index (χ0n) is 14.9. The van der Waals surface area contributed by atoms with Crippen LogP contribution in [-0.2, 0) is 15.9 Å². The van der Waals surface area contributed by atoms with Gasteiger partial charge in [0, 0.05) is 12.2 Å². The second-order valence-electron chi connectivity index (χ2n) is 7.08. The Hall–Kier alpha value is -2.34. The minimum atomic E-state index is -0.522. The van der Waals surface area contributed by atoms with Crippen molar-refractivity contribution in [2.75, 3.05) is 13.2 Å². The summed E-state index contributed by atoms with van der Waals surface area (Å²) in [6.45, 7) is 6.53. The Kier molecular flexibility index (Phi) is 5.08. The molecule has 1 aliphatic rings. The SMILES string of the molecule is CC(C)(C)OC(=O)NC[C@@H]1OCCCc2c(-c3cnco3)cccc21. The number of aromatic nitrogens is 1. The summed E-state index contributed by atoms with van der Waals surface area (Å²) in [5, 5.41) is 2.81. The lowest BCUT2D eigenvalue weighted by atomic mass is 9.93. The van der Waals surface area contributed by atoms with E-state index in [4.69, 9.17) is 13.9 Å². The van der Waals surface area contributed by atoms with Crippen LogP contribution in [0.4, 0.5) is 4.79 Å². The largest absolute Gasteiger partial charge is 0.444 e. The van der Waals surface area contributed by atoms with Crippen LogP contribution < -0.4 is 5.32 Å². The first kappa shape index (κ1) is 17.5. The number of fused-ring (bicyclic) bond motifs is 1. The maximum Gasteiger partial charge on any atom is 0.407 e. The molecule has 0 saturated heterocycles. The van der Waals surface area contributed by atoms with E-state index in [1.165, 1.54) is 12.0 Å². The maximum absolute atomic E-state index is 11.9. The first-order chi connectivity index (χ1) is 11.9. The van der Waals surface area contributed by atoms with E-state index >= 15 is 0 Å². The van der Waals surface area contributed by atoms with Crippen LogP contribution in [0.1, 0.15) is 44.4 Å². The average Bonchev–Trinajstić information content (AvgIpc) is 2.99. The highest BCUT2D eigenvalue weighted by Crippen LogP contribution is 2.33. The van der Waals surface area contributed by atoms with Gasteiger partial charge in [-0.1, -0.05) is 18.2 Å². The summed E-state index contributed by atoms with van der Waals surface area (Å²) < 4.78 is 16.7. The number of rotatable bonds is 3. The highest BCUT2D eigenvalue weighted by atomic mass is 16.6. The van der Waals surface area contributed by atoms with Crippen molar-refractivity contribution in [3.63, 3.8) is 0 Å². The summed E-state index contributed by atoms with van der Waals surface area (Å²) in [5.74, 6) is 0.748. The molecule has 25 heavy (non-hydrogen) atoms. The molecule has 0 radical (unpaired) electrons. The predicted molar refractivity (Wildman–Crippen MR) is 93.2 cm³/mol. The van der Waals surface area contributed by atoms with E-state index in [0.717, 1.165) is 29.7 Å². The number of carbonyl (C=O) groups is 1. The number of hydrogen-bond acceptors (Lipinski definition) is 5. The maximum atomic E-state index is 11.9. The Morgan fingerprint density at radius 1 is 1.40 bits per heavy atom. The number of nitrogens with one attached hydrogen (secondary N) is 1. The van der Waals surface area contributed by atoms with Crippen LogP contribution in [0, 0.1) is 0 Å². The van der Waals surface area contributed by atoms with Crippen molar-refractivity contribution in [2.24, 2.45) is 0 Å². The molecule has 2 heterocycles. The number of benzene rings is 1. The average molecular weight is 344 g/mol. The fourth-order valence-corrected chi connectivity index (χ4v) is 2.99. The summed E-state index contributed by atoms with van der Waals surface area (Å²) in [5.41, 5.74) is 2.77. The van der Waals surface area contributed by atoms with Crippen molar-refractivity contribution in [1.29, 1.82) is 0 Å². The van der Waals surface area contributed by atoms with Gasteiger partial charge in [0.15, 0.2) is 12.2 Å². The highest BCUT2D eigenvalue weighted by Gasteiger charge is 2.24. The minimum absolute atomic E-state index is 0.215. The van der Waals surface area contributed by atoms with E-state index in [-0.39, 0.29) is 6.10 Å². The Bertz CT molecular complexity index is 720. The molecule has 0 unspecified atom stereocenters. The fourth-order valence-electron chi connectivity index (χ4n) is 2.99. The smallest absolute Gasteiger partial charge is 0.407 e. The number of oxazole rings is 1. The third-order valence-corrected chi connectivity index (χ3v) is 3.98. The van der Waals surface area contributed by atoms with Crippen LogP contribution in [0.5, 0.6) is 0 Å². The molecular weight excluding hydrogens is 320 g/mol. The van der Waals surface area contributed by atoms with Crippen LogP contribution in [0.3, 0.4) is 0 Å². The van der Waals surface area contributed by atoms with Crippen molar-refractivity contribution in [3.8, 4) is 11.3 Å². The Labute approximate surface area is 147 Å². The third kappa shape index (κ3) is 4.39. The zero-order valence-corrected chi connectivity index (χ0v) is 14.9. The normalized spacial score (nSPS) is 17.5. The van der Waals surface area contributed by atoms with Gasteiger partial charge in [0.25, 0.3) is 0 Å². The van der Waals surface area contributed by atoms with Gasteiger partial charge in [0.2, 0.25) is 0 Å². The Morgan fingerprint density at radius 3 is 2.96 bits per heavy atom. The number of nitrogens with zero attached hydrogens (tertiary/aromatic N) is 1. The van der Waals surface area contributed by atoms with Gasteiger partial charge in [0.1, 0.15) is 11.7 Å². The van der Waals surface area contributed by atoms with E-state index in [2.05, 4.69) is 10.3 Å². The van der Waals surface area contributed by atoms with Gasteiger partial charge >= 0.3 is 6.09 Å². The van der Waals surface area contributed by atoms with Crippen molar-refractivity contribution in [2.45, 2.75) is 45.3 Å². The van der Waals surface area contributed by atoms with Crippen molar-refractivity contribution >= 4 is 6.09 Å². The lowest BCUT2D eigenvalue weighted by Crippen LogP contribution is -2.35. The number of amides is 1. The van der Waals surface area contributed by atoms with Gasteiger partial charge in [0.05, 0.1) is 12.7 Å². The minimum Gasteiger partial charge on any atom is -0.444 e. The van der Waals surface area contributed by atoms with Crippen LogP contribution in [-0.4, -0.2) is 29.8 Å². The van der Waals surface area contributed by atoms with Crippen LogP contribution in [0.2, 0.25) is 0 Å². The molecule has 1 amide bonds. The molecule has 0 aliphatic carbocycles. The van der Waals surface area contributed by atoms with E-state index < -0.39 is 11.7 Å². The van der Waals surface area contributed by atoms with E-state index in [0.29, 0.717) is 13.2 Å². The van der Waals surface area contributed by atoms with Crippen LogP contribution in [0.25, 0.3) is 11.3 Å². The number of carbonyl (C=O) groups excluding carboxylic acids is 1. The van der Waals surface area contributed by atoms with Crippen molar-refractivity contribution in [1.82, 2.24) is 10.3 Å². The molecule has 2 aromatic rings. The first-order valence-electron chi connectivity index (χ1n) is 8.53. The quantitative estimate of drug-likeness (QED) is 0.915. The first-order valence-corrected chi connectivity index (χ1v) is 8.53. The summed E-state index contributed by atoms with van der Waals surface area (Å²) in [7, 11) is 0. The molecule has 1 N–H and O–H groups in total. The van der Waals surface area contributed by atoms with E-state index in [1.54, 1.807) is 6.20 Å². The highest BCUT2D eigenvalue weighted by molar-refractivity contribution is 5.68.